The maximum atomic E-state index is 12.1. The van der Waals surface area contributed by atoms with Crippen LogP contribution in [0.15, 0.2) is 45.5 Å². The Morgan fingerprint density at radius 1 is 1.32 bits per heavy atom. The smallest absolute Gasteiger partial charge is 0.291 e. The summed E-state index contributed by atoms with van der Waals surface area (Å²) in [5.74, 6) is 0.539. The molecule has 0 spiro atoms. The monoisotopic (exact) mass is 365 g/mol. The molecular formula is C16H16BrNO4. The predicted molar refractivity (Wildman–Crippen MR) is 85.3 cm³/mol. The number of hydrogen-bond donors (Lipinski definition) is 1. The Kier molecular flexibility index (Phi) is 4.80. The van der Waals surface area contributed by atoms with Crippen LogP contribution >= 0.6 is 15.9 Å². The summed E-state index contributed by atoms with van der Waals surface area (Å²) in [4.78, 5) is 12.1. The molecule has 3 rings (SSSR count). The SMILES string of the molecule is O=C(Nc1ccccc1OCC1CCCO1)c1ccc(Br)o1. The number of halogens is 1. The Balaban J connectivity index is 1.66. The van der Waals surface area contributed by atoms with Gasteiger partial charge in [-0.15, -0.1) is 0 Å². The molecule has 5 nitrogen and oxygen atoms in total. The normalized spacial score (nSPS) is 17.4. The van der Waals surface area contributed by atoms with Gasteiger partial charge in [0.15, 0.2) is 10.4 Å². The lowest BCUT2D eigenvalue weighted by atomic mass is 10.2. The number of rotatable bonds is 5. The van der Waals surface area contributed by atoms with Crippen molar-refractivity contribution in [2.45, 2.75) is 18.9 Å². The number of carbonyl (C=O) groups excluding carboxylic acids is 1. The number of amides is 1. The zero-order chi connectivity index (χ0) is 15.4. The minimum absolute atomic E-state index is 0.129. The van der Waals surface area contributed by atoms with Gasteiger partial charge in [0, 0.05) is 6.61 Å². The number of nitrogens with one attached hydrogen (secondary N) is 1. The van der Waals surface area contributed by atoms with Crippen molar-refractivity contribution >= 4 is 27.5 Å². The zero-order valence-electron chi connectivity index (χ0n) is 11.9. The molecule has 1 saturated heterocycles. The van der Waals surface area contributed by atoms with Crippen molar-refractivity contribution in [2.24, 2.45) is 0 Å². The van der Waals surface area contributed by atoms with Crippen molar-refractivity contribution in [2.75, 3.05) is 18.5 Å². The predicted octanol–water partition coefficient (Wildman–Crippen LogP) is 3.85. The van der Waals surface area contributed by atoms with Crippen LogP contribution in [0.1, 0.15) is 23.4 Å². The molecule has 0 bridgehead atoms. The molecule has 1 aliphatic rings. The lowest BCUT2D eigenvalue weighted by Gasteiger charge is -2.14. The molecule has 1 fully saturated rings. The number of ether oxygens (including phenoxy) is 2. The van der Waals surface area contributed by atoms with Crippen LogP contribution in [-0.4, -0.2) is 25.2 Å². The number of furan rings is 1. The molecule has 1 N–H and O–H groups in total. The number of para-hydroxylation sites is 2. The van der Waals surface area contributed by atoms with Crippen LogP contribution in [0.2, 0.25) is 0 Å². The third kappa shape index (κ3) is 3.69. The molecular weight excluding hydrogens is 350 g/mol. The van der Waals surface area contributed by atoms with E-state index in [1.165, 1.54) is 0 Å². The fourth-order valence-corrected chi connectivity index (χ4v) is 2.58. The standard InChI is InChI=1S/C16H16BrNO4/c17-15-8-7-14(22-15)16(19)18-12-5-1-2-6-13(12)21-10-11-4-3-9-20-11/h1-2,5-8,11H,3-4,9-10H2,(H,18,19). The third-order valence-corrected chi connectivity index (χ3v) is 3.81. The molecule has 2 heterocycles. The summed E-state index contributed by atoms with van der Waals surface area (Å²) >= 11 is 3.18. The van der Waals surface area contributed by atoms with Crippen LogP contribution < -0.4 is 10.1 Å². The maximum Gasteiger partial charge on any atom is 0.291 e. The zero-order valence-corrected chi connectivity index (χ0v) is 13.5. The Labute approximate surface area is 136 Å². The first-order valence-corrected chi connectivity index (χ1v) is 7.92. The second-order valence-electron chi connectivity index (χ2n) is 5.00. The highest BCUT2D eigenvalue weighted by Gasteiger charge is 2.18. The van der Waals surface area contributed by atoms with Crippen molar-refractivity contribution in [1.82, 2.24) is 0 Å². The Bertz CT molecular complexity index is 649. The Morgan fingerprint density at radius 3 is 2.91 bits per heavy atom. The van der Waals surface area contributed by atoms with Crippen LogP contribution in [0.4, 0.5) is 5.69 Å². The minimum atomic E-state index is -0.320. The van der Waals surface area contributed by atoms with E-state index in [0.717, 1.165) is 19.4 Å². The highest BCUT2D eigenvalue weighted by atomic mass is 79.9. The molecule has 1 aliphatic heterocycles. The van der Waals surface area contributed by atoms with E-state index >= 15 is 0 Å². The fourth-order valence-electron chi connectivity index (χ4n) is 2.27. The Hall–Kier alpha value is -1.79. The lowest BCUT2D eigenvalue weighted by Crippen LogP contribution is -2.18. The molecule has 0 aliphatic carbocycles. The van der Waals surface area contributed by atoms with Crippen LogP contribution in [0, 0.1) is 0 Å². The molecule has 1 amide bonds. The first-order chi connectivity index (χ1) is 10.7. The molecule has 1 aromatic heterocycles. The highest BCUT2D eigenvalue weighted by molar-refractivity contribution is 9.10. The third-order valence-electron chi connectivity index (χ3n) is 3.38. The van der Waals surface area contributed by atoms with Gasteiger partial charge in [-0.3, -0.25) is 4.79 Å². The molecule has 2 aromatic rings. The summed E-state index contributed by atoms with van der Waals surface area (Å²) in [5.41, 5.74) is 0.609. The minimum Gasteiger partial charge on any atom is -0.489 e. The van der Waals surface area contributed by atoms with E-state index in [4.69, 9.17) is 13.9 Å². The van der Waals surface area contributed by atoms with Gasteiger partial charge in [-0.05, 0) is 53.0 Å². The van der Waals surface area contributed by atoms with Crippen molar-refractivity contribution in [3.05, 3.63) is 46.8 Å². The summed E-state index contributed by atoms with van der Waals surface area (Å²) in [6, 6.07) is 10.6. The molecule has 0 saturated carbocycles. The second kappa shape index (κ2) is 6.98. The van der Waals surface area contributed by atoms with E-state index in [9.17, 15) is 4.79 Å². The average Bonchev–Trinajstić information content (AvgIpc) is 3.17. The summed E-state index contributed by atoms with van der Waals surface area (Å²) in [6.45, 7) is 1.28. The lowest BCUT2D eigenvalue weighted by molar-refractivity contribution is 0.0681. The van der Waals surface area contributed by atoms with Gasteiger partial charge in [0.2, 0.25) is 0 Å². The van der Waals surface area contributed by atoms with Crippen molar-refractivity contribution in [3.63, 3.8) is 0 Å². The maximum absolute atomic E-state index is 12.1. The summed E-state index contributed by atoms with van der Waals surface area (Å²) in [6.07, 6.45) is 2.21. The van der Waals surface area contributed by atoms with Gasteiger partial charge in [-0.1, -0.05) is 12.1 Å². The number of benzene rings is 1. The molecule has 6 heteroatoms. The quantitative estimate of drug-likeness (QED) is 0.873. The summed E-state index contributed by atoms with van der Waals surface area (Å²) < 4.78 is 17.1. The summed E-state index contributed by atoms with van der Waals surface area (Å²) in [7, 11) is 0. The molecule has 1 unspecified atom stereocenters. The second-order valence-corrected chi connectivity index (χ2v) is 5.78. The van der Waals surface area contributed by atoms with E-state index < -0.39 is 0 Å². The van der Waals surface area contributed by atoms with Gasteiger partial charge in [0.25, 0.3) is 5.91 Å². The number of hydrogen-bond acceptors (Lipinski definition) is 4. The van der Waals surface area contributed by atoms with Gasteiger partial charge < -0.3 is 19.2 Å². The topological polar surface area (TPSA) is 60.7 Å². The van der Waals surface area contributed by atoms with E-state index in [-0.39, 0.29) is 17.8 Å². The van der Waals surface area contributed by atoms with Gasteiger partial charge in [-0.25, -0.2) is 0 Å². The van der Waals surface area contributed by atoms with Gasteiger partial charge in [0.05, 0.1) is 11.8 Å². The Morgan fingerprint density at radius 2 is 2.18 bits per heavy atom. The number of carbonyl (C=O) groups is 1. The largest absolute Gasteiger partial charge is 0.489 e. The van der Waals surface area contributed by atoms with Gasteiger partial charge >= 0.3 is 0 Å². The van der Waals surface area contributed by atoms with Crippen LogP contribution in [0.5, 0.6) is 5.75 Å². The summed E-state index contributed by atoms with van der Waals surface area (Å²) in [5, 5.41) is 2.80. The van der Waals surface area contributed by atoms with E-state index in [0.29, 0.717) is 22.7 Å². The van der Waals surface area contributed by atoms with Crippen molar-refractivity contribution < 1.29 is 18.7 Å². The van der Waals surface area contributed by atoms with Crippen LogP contribution in [0.3, 0.4) is 0 Å². The highest BCUT2D eigenvalue weighted by Crippen LogP contribution is 2.26. The van der Waals surface area contributed by atoms with Crippen LogP contribution in [0.25, 0.3) is 0 Å². The molecule has 1 atom stereocenters. The average molecular weight is 366 g/mol. The van der Waals surface area contributed by atoms with E-state index in [1.807, 2.05) is 18.2 Å². The first kappa shape index (κ1) is 15.1. The van der Waals surface area contributed by atoms with E-state index in [2.05, 4.69) is 21.2 Å². The molecule has 116 valence electrons. The van der Waals surface area contributed by atoms with Crippen molar-refractivity contribution in [1.29, 1.82) is 0 Å². The van der Waals surface area contributed by atoms with Gasteiger partial charge in [0.1, 0.15) is 12.4 Å². The van der Waals surface area contributed by atoms with Gasteiger partial charge in [-0.2, -0.15) is 0 Å². The van der Waals surface area contributed by atoms with Crippen molar-refractivity contribution in [3.8, 4) is 5.75 Å². The first-order valence-electron chi connectivity index (χ1n) is 7.12. The van der Waals surface area contributed by atoms with Crippen LogP contribution in [-0.2, 0) is 4.74 Å². The molecule has 1 aromatic carbocycles. The van der Waals surface area contributed by atoms with E-state index in [1.54, 1.807) is 18.2 Å². The number of anilines is 1. The fraction of sp³-hybridized carbons (Fsp3) is 0.312. The molecule has 22 heavy (non-hydrogen) atoms. The molecule has 0 radical (unpaired) electrons.